The molecule has 0 fully saturated rings. The van der Waals surface area contributed by atoms with Crippen molar-refractivity contribution in [3.63, 3.8) is 0 Å². The lowest BCUT2D eigenvalue weighted by Crippen LogP contribution is -2.11. The summed E-state index contributed by atoms with van der Waals surface area (Å²) in [5, 5.41) is 20.0. The van der Waals surface area contributed by atoms with Crippen molar-refractivity contribution < 1.29 is 9.72 Å². The number of anilines is 1. The van der Waals surface area contributed by atoms with Crippen LogP contribution in [0.2, 0.25) is 0 Å². The molecule has 2 aromatic rings. The van der Waals surface area contributed by atoms with E-state index in [1.807, 2.05) is 0 Å². The number of hydrogen-bond acceptors (Lipinski definition) is 7. The van der Waals surface area contributed by atoms with E-state index in [2.05, 4.69) is 20.1 Å². The molecule has 0 aliphatic carbocycles. The van der Waals surface area contributed by atoms with Gasteiger partial charge in [0.1, 0.15) is 0 Å². The van der Waals surface area contributed by atoms with Crippen LogP contribution in [-0.2, 0) is 0 Å². The number of amides is 1. The first-order valence-electron chi connectivity index (χ1n) is 4.37. The summed E-state index contributed by atoms with van der Waals surface area (Å²) in [6.07, 6.45) is 0. The maximum Gasteiger partial charge on any atom is 0.269 e. The minimum Gasteiger partial charge on any atom is -0.295 e. The molecule has 1 aromatic carbocycles. The van der Waals surface area contributed by atoms with E-state index in [4.69, 9.17) is 0 Å². The van der Waals surface area contributed by atoms with Gasteiger partial charge >= 0.3 is 0 Å². The Kier molecular flexibility index (Phi) is 3.01. The molecule has 8 nitrogen and oxygen atoms in total. The lowest BCUT2D eigenvalue weighted by atomic mass is 10.2. The molecule has 0 bridgehead atoms. The van der Waals surface area contributed by atoms with E-state index in [1.54, 1.807) is 0 Å². The van der Waals surface area contributed by atoms with E-state index < -0.39 is 10.8 Å². The van der Waals surface area contributed by atoms with E-state index >= 15 is 0 Å². The molecule has 0 radical (unpaired) electrons. The predicted octanol–water partition coefficient (Wildman–Crippen LogP) is 1.09. The summed E-state index contributed by atoms with van der Waals surface area (Å²) in [5.41, 5.74) is 0.227. The van der Waals surface area contributed by atoms with Crippen molar-refractivity contribution in [1.29, 1.82) is 0 Å². The first-order valence-corrected chi connectivity index (χ1v) is 5.15. The standard InChI is InChI=1S/C8H5N5O3S/c14-7(9-8-10-11-12-17-8)5-1-3-6(4-2-5)13(15)16/h1-4H,(H,9,10,12,14). The van der Waals surface area contributed by atoms with E-state index in [9.17, 15) is 14.9 Å². The van der Waals surface area contributed by atoms with Crippen molar-refractivity contribution in [3.8, 4) is 0 Å². The first kappa shape index (κ1) is 11.1. The van der Waals surface area contributed by atoms with Gasteiger partial charge in [0.2, 0.25) is 5.13 Å². The normalized spacial score (nSPS) is 9.88. The number of nitro groups is 1. The third kappa shape index (κ3) is 2.58. The molecule has 86 valence electrons. The van der Waals surface area contributed by atoms with E-state index in [1.165, 1.54) is 24.3 Å². The molecule has 1 N–H and O–H groups in total. The van der Waals surface area contributed by atoms with Crippen LogP contribution >= 0.6 is 11.5 Å². The number of carbonyl (C=O) groups is 1. The summed E-state index contributed by atoms with van der Waals surface area (Å²) in [5.74, 6) is -0.418. The van der Waals surface area contributed by atoms with Gasteiger partial charge in [-0.2, -0.15) is 0 Å². The average Bonchev–Trinajstić information content (AvgIpc) is 2.82. The lowest BCUT2D eigenvalue weighted by Gasteiger charge is -1.99. The number of nitrogens with one attached hydrogen (secondary N) is 1. The maximum absolute atomic E-state index is 11.6. The highest BCUT2D eigenvalue weighted by molar-refractivity contribution is 7.09. The van der Waals surface area contributed by atoms with Gasteiger partial charge in [-0.1, -0.05) is 9.59 Å². The van der Waals surface area contributed by atoms with Crippen molar-refractivity contribution >= 4 is 28.3 Å². The highest BCUT2D eigenvalue weighted by atomic mass is 32.1. The van der Waals surface area contributed by atoms with Crippen LogP contribution < -0.4 is 5.32 Å². The largest absolute Gasteiger partial charge is 0.295 e. The molecule has 0 aliphatic rings. The molecule has 0 unspecified atom stereocenters. The molecule has 1 aromatic heterocycles. The van der Waals surface area contributed by atoms with Crippen molar-refractivity contribution in [2.45, 2.75) is 0 Å². The monoisotopic (exact) mass is 251 g/mol. The summed E-state index contributed by atoms with van der Waals surface area (Å²) in [6.45, 7) is 0. The Morgan fingerprint density at radius 2 is 2.06 bits per heavy atom. The number of nitrogens with zero attached hydrogens (tertiary/aromatic N) is 4. The number of benzene rings is 1. The number of rotatable bonds is 3. The van der Waals surface area contributed by atoms with Crippen LogP contribution in [0.5, 0.6) is 0 Å². The SMILES string of the molecule is O=C(Nc1nnns1)c1ccc([N+](=O)[O-])cc1. The molecule has 0 atom stereocenters. The third-order valence-corrected chi connectivity index (χ3v) is 2.37. The summed E-state index contributed by atoms with van der Waals surface area (Å²) in [7, 11) is 0. The van der Waals surface area contributed by atoms with Gasteiger partial charge in [0.15, 0.2) is 0 Å². The Hall–Kier alpha value is -2.42. The van der Waals surface area contributed by atoms with Gasteiger partial charge in [-0.15, -0.1) is 0 Å². The van der Waals surface area contributed by atoms with Crippen LogP contribution in [-0.4, -0.2) is 25.6 Å². The molecule has 1 heterocycles. The van der Waals surface area contributed by atoms with E-state index in [0.29, 0.717) is 5.56 Å². The molecule has 0 saturated heterocycles. The predicted molar refractivity (Wildman–Crippen MR) is 58.8 cm³/mol. The summed E-state index contributed by atoms with van der Waals surface area (Å²) < 4.78 is 3.48. The van der Waals surface area contributed by atoms with Gasteiger partial charge in [0, 0.05) is 29.2 Å². The van der Waals surface area contributed by atoms with Crippen LogP contribution in [0.25, 0.3) is 0 Å². The summed E-state index contributed by atoms with van der Waals surface area (Å²) in [4.78, 5) is 21.5. The highest BCUT2D eigenvalue weighted by Gasteiger charge is 2.10. The Bertz CT molecular complexity index is 539. The number of aromatic nitrogens is 3. The van der Waals surface area contributed by atoms with Gasteiger partial charge in [0.25, 0.3) is 11.6 Å². The number of nitro benzene ring substituents is 1. The van der Waals surface area contributed by atoms with Crippen molar-refractivity contribution in [2.75, 3.05) is 5.32 Å². The van der Waals surface area contributed by atoms with Gasteiger partial charge in [-0.3, -0.25) is 20.2 Å². The number of carbonyl (C=O) groups excluding carboxylic acids is 1. The van der Waals surface area contributed by atoms with Crippen molar-refractivity contribution in [2.24, 2.45) is 0 Å². The zero-order valence-electron chi connectivity index (χ0n) is 8.23. The second kappa shape index (κ2) is 4.61. The van der Waals surface area contributed by atoms with Gasteiger partial charge in [-0.05, 0) is 17.3 Å². The summed E-state index contributed by atoms with van der Waals surface area (Å²) >= 11 is 0.942. The molecule has 17 heavy (non-hydrogen) atoms. The van der Waals surface area contributed by atoms with Crippen molar-refractivity contribution in [3.05, 3.63) is 39.9 Å². The molecule has 0 aliphatic heterocycles. The Labute approximate surface area is 98.6 Å². The van der Waals surface area contributed by atoms with E-state index in [0.717, 1.165) is 11.5 Å². The Balaban J connectivity index is 2.12. The maximum atomic E-state index is 11.6. The minimum absolute atomic E-state index is 0.0702. The van der Waals surface area contributed by atoms with Gasteiger partial charge in [0.05, 0.1) is 4.92 Å². The average molecular weight is 251 g/mol. The zero-order valence-corrected chi connectivity index (χ0v) is 9.05. The molecule has 2 rings (SSSR count). The molecule has 0 saturated carbocycles. The smallest absolute Gasteiger partial charge is 0.269 e. The number of non-ortho nitro benzene ring substituents is 1. The van der Waals surface area contributed by atoms with Crippen LogP contribution in [0.3, 0.4) is 0 Å². The van der Waals surface area contributed by atoms with Crippen LogP contribution in [0.1, 0.15) is 10.4 Å². The second-order valence-electron chi connectivity index (χ2n) is 2.93. The third-order valence-electron chi connectivity index (χ3n) is 1.86. The topological polar surface area (TPSA) is 111 Å². The summed E-state index contributed by atoms with van der Waals surface area (Å²) in [6, 6.07) is 5.24. The minimum atomic E-state index is -0.531. The van der Waals surface area contributed by atoms with Gasteiger partial charge in [-0.25, -0.2) is 0 Å². The first-order chi connectivity index (χ1) is 8.16. The van der Waals surface area contributed by atoms with E-state index in [-0.39, 0.29) is 10.8 Å². The molecular weight excluding hydrogens is 246 g/mol. The lowest BCUT2D eigenvalue weighted by molar-refractivity contribution is -0.384. The van der Waals surface area contributed by atoms with Crippen LogP contribution in [0.4, 0.5) is 10.8 Å². The highest BCUT2D eigenvalue weighted by Crippen LogP contribution is 2.13. The fourth-order valence-electron chi connectivity index (χ4n) is 1.09. The van der Waals surface area contributed by atoms with Crippen LogP contribution in [0.15, 0.2) is 24.3 Å². The van der Waals surface area contributed by atoms with Crippen LogP contribution in [0, 0.1) is 10.1 Å². The molecule has 9 heteroatoms. The number of hydrogen-bond donors (Lipinski definition) is 1. The van der Waals surface area contributed by atoms with Gasteiger partial charge < -0.3 is 0 Å². The Morgan fingerprint density at radius 3 is 2.59 bits per heavy atom. The molecule has 1 amide bonds. The quantitative estimate of drug-likeness (QED) is 0.645. The molecular formula is C8H5N5O3S. The fourth-order valence-corrected chi connectivity index (χ4v) is 1.45. The molecule has 0 spiro atoms. The zero-order chi connectivity index (χ0) is 12.3. The van der Waals surface area contributed by atoms with Crippen molar-refractivity contribution in [1.82, 2.24) is 14.8 Å². The fraction of sp³-hybridized carbons (Fsp3) is 0. The second-order valence-corrected chi connectivity index (χ2v) is 3.66. The Morgan fingerprint density at radius 1 is 1.35 bits per heavy atom.